The first-order valence-corrected chi connectivity index (χ1v) is 21.1. The van der Waals surface area contributed by atoms with Crippen LogP contribution in [0.4, 0.5) is 8.78 Å². The molecule has 4 bridgehead atoms. The molecule has 7 atom stereocenters. The number of benzene rings is 4. The maximum atomic E-state index is 16.4. The lowest BCUT2D eigenvalue weighted by molar-refractivity contribution is -0.137. The lowest BCUT2D eigenvalue weighted by Crippen LogP contribution is -2.51. The van der Waals surface area contributed by atoms with Crippen LogP contribution in [0.5, 0.6) is 0 Å². The number of carbonyl (C=O) groups is 2. The van der Waals surface area contributed by atoms with E-state index < -0.39 is 0 Å². The van der Waals surface area contributed by atoms with Crippen molar-refractivity contribution in [3.8, 4) is 0 Å². The van der Waals surface area contributed by atoms with E-state index in [9.17, 15) is 14.0 Å². The van der Waals surface area contributed by atoms with Crippen molar-refractivity contribution in [3.63, 3.8) is 0 Å². The number of halogens is 2. The minimum Gasteiger partial charge on any atom is -0.331 e. The monoisotopic (exact) mass is 754 g/mol. The molecule has 0 aromatic heterocycles. The van der Waals surface area contributed by atoms with Crippen molar-refractivity contribution in [2.45, 2.75) is 69.5 Å². The van der Waals surface area contributed by atoms with Crippen LogP contribution in [0.15, 0.2) is 91.0 Å². The molecule has 0 radical (unpaired) electrons. The minimum absolute atomic E-state index is 0.0723. The average molecular weight is 755 g/mol. The van der Waals surface area contributed by atoms with Crippen LogP contribution in [0, 0.1) is 35.3 Å². The van der Waals surface area contributed by atoms with E-state index in [4.69, 9.17) is 0 Å². The number of rotatable bonds is 7. The second-order valence-corrected chi connectivity index (χ2v) is 17.6. The molecule has 0 spiro atoms. The van der Waals surface area contributed by atoms with Gasteiger partial charge in [-0.2, -0.15) is 0 Å². The van der Waals surface area contributed by atoms with Crippen LogP contribution in [0.3, 0.4) is 0 Å². The van der Waals surface area contributed by atoms with Crippen molar-refractivity contribution in [2.75, 3.05) is 45.8 Å². The molecule has 2 amide bonds. The fourth-order valence-electron chi connectivity index (χ4n) is 11.7. The smallest absolute Gasteiger partial charge is 0.223 e. The topological polar surface area (TPSA) is 47.1 Å². The Morgan fingerprint density at radius 3 is 1.95 bits per heavy atom. The molecule has 6 fully saturated rings. The number of nitrogens with zero attached hydrogens (tertiary/aromatic N) is 4. The van der Waals surface area contributed by atoms with E-state index in [0.717, 1.165) is 85.4 Å². The minimum atomic E-state index is -0.312. The van der Waals surface area contributed by atoms with E-state index in [2.05, 4.69) is 45.0 Å². The van der Waals surface area contributed by atoms with E-state index in [1.807, 2.05) is 47.4 Å². The highest BCUT2D eigenvalue weighted by Gasteiger charge is 2.44. The van der Waals surface area contributed by atoms with Crippen molar-refractivity contribution in [1.82, 2.24) is 19.6 Å². The number of hydrogen-bond acceptors (Lipinski definition) is 4. The Morgan fingerprint density at radius 2 is 1.25 bits per heavy atom. The Balaban J connectivity index is 0.890. The highest BCUT2D eigenvalue weighted by Crippen LogP contribution is 2.48. The number of hydrogen-bond donors (Lipinski definition) is 0. The molecule has 8 aliphatic heterocycles. The Morgan fingerprint density at radius 1 is 0.607 bits per heavy atom. The van der Waals surface area contributed by atoms with Crippen molar-refractivity contribution in [3.05, 3.63) is 142 Å². The molecule has 290 valence electrons. The van der Waals surface area contributed by atoms with Crippen LogP contribution in [0.25, 0.3) is 0 Å². The first-order chi connectivity index (χ1) is 27.4. The first-order valence-electron chi connectivity index (χ1n) is 21.1. The molecule has 0 saturated carbocycles. The van der Waals surface area contributed by atoms with Crippen LogP contribution in [0.1, 0.15) is 95.6 Å². The van der Waals surface area contributed by atoms with Gasteiger partial charge in [0, 0.05) is 45.1 Å². The fourth-order valence-corrected chi connectivity index (χ4v) is 11.7. The van der Waals surface area contributed by atoms with Crippen LogP contribution in [-0.2, 0) is 22.4 Å². The number of carbonyl (C=O) groups excluding carboxylic acids is 2. The molecule has 3 unspecified atom stereocenters. The quantitative estimate of drug-likeness (QED) is 0.191. The molecule has 56 heavy (non-hydrogen) atoms. The Labute approximate surface area is 329 Å². The van der Waals surface area contributed by atoms with E-state index in [1.165, 1.54) is 30.5 Å². The summed E-state index contributed by atoms with van der Waals surface area (Å²) in [5.74, 6) is 1.51. The summed E-state index contributed by atoms with van der Waals surface area (Å²) in [5.41, 5.74) is 7.01. The van der Waals surface area contributed by atoms with Crippen LogP contribution >= 0.6 is 0 Å². The molecule has 6 nitrogen and oxygen atoms in total. The van der Waals surface area contributed by atoms with Gasteiger partial charge in [-0.3, -0.25) is 14.5 Å². The zero-order valence-corrected chi connectivity index (χ0v) is 32.2. The fraction of sp³-hybridized carbons (Fsp3) is 0.458. The third-order valence-electron chi connectivity index (χ3n) is 14.6. The Kier molecular flexibility index (Phi) is 9.53. The highest BCUT2D eigenvalue weighted by molar-refractivity contribution is 5.79. The third-order valence-corrected chi connectivity index (χ3v) is 14.6. The Bertz CT molecular complexity index is 2100. The van der Waals surface area contributed by atoms with Crippen LogP contribution < -0.4 is 0 Å². The summed E-state index contributed by atoms with van der Waals surface area (Å²) in [7, 11) is 0. The van der Waals surface area contributed by atoms with Gasteiger partial charge in [-0.25, -0.2) is 8.78 Å². The maximum Gasteiger partial charge on any atom is 0.223 e. The highest BCUT2D eigenvalue weighted by atomic mass is 19.1. The Hall–Kier alpha value is -4.40. The predicted octanol–water partition coefficient (Wildman–Crippen LogP) is 8.12. The maximum absolute atomic E-state index is 16.4. The zero-order chi connectivity index (χ0) is 37.9. The normalized spacial score (nSPS) is 30.5. The van der Waals surface area contributed by atoms with Gasteiger partial charge in [0.1, 0.15) is 11.6 Å². The summed E-state index contributed by atoms with van der Waals surface area (Å²) in [4.78, 5) is 37.7. The van der Waals surface area contributed by atoms with E-state index in [0.29, 0.717) is 50.1 Å². The van der Waals surface area contributed by atoms with Gasteiger partial charge in [0.2, 0.25) is 11.8 Å². The van der Waals surface area contributed by atoms with Gasteiger partial charge in [0.15, 0.2) is 0 Å². The molecule has 8 heterocycles. The first kappa shape index (κ1) is 36.0. The summed E-state index contributed by atoms with van der Waals surface area (Å²) in [6.45, 7) is 6.23. The number of piperidine rings is 6. The van der Waals surface area contributed by atoms with Gasteiger partial charge in [0.05, 0.1) is 12.1 Å². The number of fused-ring (bicyclic) bond motifs is 8. The van der Waals surface area contributed by atoms with Gasteiger partial charge >= 0.3 is 0 Å². The summed E-state index contributed by atoms with van der Waals surface area (Å²) < 4.78 is 30.4. The third kappa shape index (κ3) is 6.56. The second kappa shape index (κ2) is 14.8. The molecule has 0 N–H and O–H groups in total. The molecule has 6 saturated heterocycles. The van der Waals surface area contributed by atoms with Gasteiger partial charge < -0.3 is 14.7 Å². The van der Waals surface area contributed by atoms with Gasteiger partial charge in [0.25, 0.3) is 0 Å². The molecular formula is C48H52F2N4O2. The van der Waals surface area contributed by atoms with E-state index >= 15 is 4.39 Å². The molecule has 8 heteroatoms. The van der Waals surface area contributed by atoms with Crippen molar-refractivity contribution in [1.29, 1.82) is 0 Å². The summed E-state index contributed by atoms with van der Waals surface area (Å²) >= 11 is 0. The lowest BCUT2D eigenvalue weighted by atomic mass is 9.72. The molecule has 4 aromatic carbocycles. The van der Waals surface area contributed by atoms with Gasteiger partial charge in [-0.15, -0.1) is 0 Å². The van der Waals surface area contributed by atoms with Crippen LogP contribution in [0.2, 0.25) is 0 Å². The van der Waals surface area contributed by atoms with Crippen molar-refractivity contribution in [2.24, 2.45) is 23.7 Å². The summed E-state index contributed by atoms with van der Waals surface area (Å²) in [6, 6.07) is 28.7. The zero-order valence-electron chi connectivity index (χ0n) is 32.2. The molecule has 0 aliphatic carbocycles. The van der Waals surface area contributed by atoms with Gasteiger partial charge in [-0.05, 0) is 139 Å². The van der Waals surface area contributed by atoms with Crippen molar-refractivity contribution >= 4 is 11.8 Å². The standard InChI is InChI=1S/C48H52F2N4O2/c49-39-12-10-34(11-13-39)47-40-9-5-4-6-32(40)17-22-53(47)46(56)28-38-30-52-21-16-35(38)26-44(52)36-24-42-41(43(50)25-36)18-23-54(48(42)33-7-2-1-3-8-33)45(55)27-37-29-51-19-14-31(37)15-20-51/h1-13,24-25,31,35,37-38,44,47-48H,14-23,26-30H2/t35?,37-,38-,44?,47+,48+/m1/s1. The SMILES string of the molecule is O=C(C[C@@H]1CN2CCC1CC2c1cc(F)c2c(c1)[C@H](c1ccccc1)N(C(=O)C[C@@H]1CN3CCC1CC3)CC2)N1CCc2ccccc2[C@@H]1c1ccc(F)cc1. The molecule has 8 aliphatic rings. The van der Waals surface area contributed by atoms with E-state index in [1.54, 1.807) is 6.07 Å². The van der Waals surface area contributed by atoms with E-state index in [-0.39, 0.29) is 47.5 Å². The summed E-state index contributed by atoms with van der Waals surface area (Å²) in [5, 5.41) is 0. The summed E-state index contributed by atoms with van der Waals surface area (Å²) in [6.07, 6.45) is 6.66. The van der Waals surface area contributed by atoms with Crippen molar-refractivity contribution < 1.29 is 18.4 Å². The van der Waals surface area contributed by atoms with Gasteiger partial charge in [-0.1, -0.05) is 72.8 Å². The molecular weight excluding hydrogens is 703 g/mol. The average Bonchev–Trinajstić information content (AvgIpc) is 3.24. The largest absolute Gasteiger partial charge is 0.331 e. The predicted molar refractivity (Wildman–Crippen MR) is 213 cm³/mol. The molecule has 4 aromatic rings. The van der Waals surface area contributed by atoms with Crippen LogP contribution in [-0.4, -0.2) is 77.2 Å². The molecule has 12 rings (SSSR count). The number of amides is 2. The lowest BCUT2D eigenvalue weighted by Gasteiger charge is -2.51. The second-order valence-electron chi connectivity index (χ2n) is 17.6.